The summed E-state index contributed by atoms with van der Waals surface area (Å²) in [6, 6.07) is 6.95. The first-order chi connectivity index (χ1) is 13.0. The van der Waals surface area contributed by atoms with Crippen LogP contribution in [-0.4, -0.2) is 40.1 Å². The highest BCUT2D eigenvalue weighted by Gasteiger charge is 2.28. The number of aryl methyl sites for hydroxylation is 2. The highest BCUT2D eigenvalue weighted by atomic mass is 16.5. The van der Waals surface area contributed by atoms with Gasteiger partial charge in [0.25, 0.3) is 5.56 Å². The van der Waals surface area contributed by atoms with Gasteiger partial charge in [0.1, 0.15) is 12.2 Å². The second-order valence-corrected chi connectivity index (χ2v) is 6.57. The van der Waals surface area contributed by atoms with Gasteiger partial charge >= 0.3 is 6.03 Å². The molecule has 27 heavy (non-hydrogen) atoms. The molecule has 0 radical (unpaired) electrons. The smallest absolute Gasteiger partial charge is 0.317 e. The Bertz CT molecular complexity index is 930. The minimum absolute atomic E-state index is 0.152. The average Bonchev–Trinajstić information content (AvgIpc) is 3.10. The molecular weight excluding hydrogens is 346 g/mol. The zero-order valence-corrected chi connectivity index (χ0v) is 15.3. The van der Waals surface area contributed by atoms with E-state index in [0.29, 0.717) is 36.5 Å². The third-order valence-electron chi connectivity index (χ3n) is 4.50. The number of hydrogen-bond donors (Lipinski definition) is 2. The standard InChI is InChI=1S/C19H21N5O3/c1-12-7-13(2)23-18(25)16(12)10-22-19(26)24-6-5-15(11-24)27-17-4-3-14(8-20)9-21-17/h3-4,7,9,15H,5-6,10-11H2,1-2H3,(H,22,26)(H,23,25). The van der Waals surface area contributed by atoms with Gasteiger partial charge in [-0.2, -0.15) is 5.26 Å². The third-order valence-corrected chi connectivity index (χ3v) is 4.50. The summed E-state index contributed by atoms with van der Waals surface area (Å²) in [4.78, 5) is 32.9. The van der Waals surface area contributed by atoms with Crippen molar-refractivity contribution >= 4 is 6.03 Å². The molecule has 8 nitrogen and oxygen atoms in total. The van der Waals surface area contributed by atoms with Crippen molar-refractivity contribution in [3.05, 3.63) is 57.1 Å². The molecule has 2 aromatic heterocycles. The van der Waals surface area contributed by atoms with Crippen molar-refractivity contribution in [3.8, 4) is 11.9 Å². The first-order valence-corrected chi connectivity index (χ1v) is 8.71. The summed E-state index contributed by atoms with van der Waals surface area (Å²) in [6.45, 7) is 4.87. The van der Waals surface area contributed by atoms with Crippen LogP contribution in [0, 0.1) is 25.2 Å². The van der Waals surface area contributed by atoms with E-state index in [2.05, 4.69) is 15.3 Å². The van der Waals surface area contributed by atoms with Crippen LogP contribution in [0.4, 0.5) is 4.79 Å². The number of pyridine rings is 2. The van der Waals surface area contributed by atoms with E-state index in [-0.39, 0.29) is 24.2 Å². The Hall–Kier alpha value is -3.34. The number of hydrogen-bond acceptors (Lipinski definition) is 5. The van der Waals surface area contributed by atoms with Crippen LogP contribution in [0.25, 0.3) is 0 Å². The average molecular weight is 367 g/mol. The first kappa shape index (κ1) is 18.5. The Labute approximate surface area is 156 Å². The third kappa shape index (κ3) is 4.44. The van der Waals surface area contributed by atoms with Crippen LogP contribution in [0.5, 0.6) is 5.88 Å². The quantitative estimate of drug-likeness (QED) is 0.853. The lowest BCUT2D eigenvalue weighted by Gasteiger charge is -2.18. The summed E-state index contributed by atoms with van der Waals surface area (Å²) in [6.07, 6.45) is 2.00. The number of aromatic amines is 1. The SMILES string of the molecule is Cc1cc(C)c(CNC(=O)N2CCC(Oc3ccc(C#N)cn3)C2)c(=O)[nH]1. The highest BCUT2D eigenvalue weighted by Crippen LogP contribution is 2.17. The van der Waals surface area contributed by atoms with E-state index in [1.807, 2.05) is 26.0 Å². The number of carbonyl (C=O) groups is 1. The molecule has 0 aliphatic carbocycles. The molecule has 3 heterocycles. The van der Waals surface area contributed by atoms with Crippen molar-refractivity contribution in [3.63, 3.8) is 0 Å². The number of ether oxygens (including phenoxy) is 1. The summed E-state index contributed by atoms with van der Waals surface area (Å²) in [5.41, 5.74) is 2.50. The van der Waals surface area contributed by atoms with Gasteiger partial charge in [-0.05, 0) is 31.5 Å². The Morgan fingerprint density at radius 3 is 2.96 bits per heavy atom. The topological polar surface area (TPSA) is 111 Å². The van der Waals surface area contributed by atoms with Gasteiger partial charge in [-0.3, -0.25) is 4.79 Å². The second kappa shape index (κ2) is 7.91. The van der Waals surface area contributed by atoms with Crippen molar-refractivity contribution in [2.45, 2.75) is 32.9 Å². The van der Waals surface area contributed by atoms with Crippen LogP contribution < -0.4 is 15.6 Å². The number of nitrogens with one attached hydrogen (secondary N) is 2. The molecule has 0 saturated carbocycles. The first-order valence-electron chi connectivity index (χ1n) is 8.71. The Balaban J connectivity index is 1.53. The van der Waals surface area contributed by atoms with Crippen LogP contribution in [0.3, 0.4) is 0 Å². The zero-order valence-electron chi connectivity index (χ0n) is 15.3. The largest absolute Gasteiger partial charge is 0.472 e. The van der Waals surface area contributed by atoms with Crippen molar-refractivity contribution in [2.24, 2.45) is 0 Å². The van der Waals surface area contributed by atoms with E-state index in [0.717, 1.165) is 11.3 Å². The summed E-state index contributed by atoms with van der Waals surface area (Å²) < 4.78 is 5.77. The summed E-state index contributed by atoms with van der Waals surface area (Å²) in [7, 11) is 0. The number of likely N-dealkylation sites (tertiary alicyclic amines) is 1. The van der Waals surface area contributed by atoms with Gasteiger partial charge in [-0.15, -0.1) is 0 Å². The van der Waals surface area contributed by atoms with Gasteiger partial charge in [0.2, 0.25) is 5.88 Å². The lowest BCUT2D eigenvalue weighted by atomic mass is 10.1. The molecule has 8 heteroatoms. The van der Waals surface area contributed by atoms with E-state index in [9.17, 15) is 9.59 Å². The van der Waals surface area contributed by atoms with Crippen LogP contribution in [-0.2, 0) is 6.54 Å². The molecule has 2 amide bonds. The molecule has 2 N–H and O–H groups in total. The van der Waals surface area contributed by atoms with Gasteiger partial charge in [0.05, 0.1) is 18.7 Å². The van der Waals surface area contributed by atoms with Crippen LogP contribution in [0.2, 0.25) is 0 Å². The minimum Gasteiger partial charge on any atom is -0.472 e. The lowest BCUT2D eigenvalue weighted by molar-refractivity contribution is 0.183. The van der Waals surface area contributed by atoms with Gasteiger partial charge in [0.15, 0.2) is 0 Å². The number of carbonyl (C=O) groups excluding carboxylic acids is 1. The molecule has 1 unspecified atom stereocenters. The number of amides is 2. The van der Waals surface area contributed by atoms with E-state index < -0.39 is 0 Å². The molecule has 0 spiro atoms. The number of H-pyrrole nitrogens is 1. The van der Waals surface area contributed by atoms with Crippen LogP contribution in [0.1, 0.15) is 28.8 Å². The maximum Gasteiger partial charge on any atom is 0.317 e. The Morgan fingerprint density at radius 1 is 1.48 bits per heavy atom. The lowest BCUT2D eigenvalue weighted by Crippen LogP contribution is -2.40. The van der Waals surface area contributed by atoms with E-state index in [4.69, 9.17) is 10.00 Å². The minimum atomic E-state index is -0.228. The number of nitrogens with zero attached hydrogens (tertiary/aromatic N) is 3. The van der Waals surface area contributed by atoms with Crippen LogP contribution >= 0.6 is 0 Å². The maximum atomic E-state index is 12.4. The van der Waals surface area contributed by atoms with Crippen molar-refractivity contribution in [1.29, 1.82) is 5.26 Å². The predicted octanol–water partition coefficient (Wildman–Crippen LogP) is 1.62. The predicted molar refractivity (Wildman–Crippen MR) is 98.3 cm³/mol. The van der Waals surface area contributed by atoms with E-state index >= 15 is 0 Å². The number of aromatic nitrogens is 2. The number of rotatable bonds is 4. The summed E-state index contributed by atoms with van der Waals surface area (Å²) in [5.74, 6) is 0.433. The van der Waals surface area contributed by atoms with Crippen molar-refractivity contribution in [2.75, 3.05) is 13.1 Å². The van der Waals surface area contributed by atoms with E-state index in [1.54, 1.807) is 17.0 Å². The normalized spacial score (nSPS) is 16.0. The summed E-state index contributed by atoms with van der Waals surface area (Å²) >= 11 is 0. The van der Waals surface area contributed by atoms with Gasteiger partial charge in [0, 0.05) is 36.5 Å². The van der Waals surface area contributed by atoms with Gasteiger partial charge in [-0.1, -0.05) is 0 Å². The van der Waals surface area contributed by atoms with Crippen molar-refractivity contribution < 1.29 is 9.53 Å². The second-order valence-electron chi connectivity index (χ2n) is 6.57. The fraction of sp³-hybridized carbons (Fsp3) is 0.368. The molecule has 1 aliphatic rings. The molecule has 0 bridgehead atoms. The van der Waals surface area contributed by atoms with Gasteiger partial charge < -0.3 is 19.9 Å². The Morgan fingerprint density at radius 2 is 2.30 bits per heavy atom. The van der Waals surface area contributed by atoms with E-state index in [1.165, 1.54) is 6.20 Å². The maximum absolute atomic E-state index is 12.4. The highest BCUT2D eigenvalue weighted by molar-refractivity contribution is 5.74. The monoisotopic (exact) mass is 367 g/mol. The summed E-state index contributed by atoms with van der Waals surface area (Å²) in [5, 5.41) is 11.6. The molecule has 1 aliphatic heterocycles. The number of urea groups is 1. The number of nitriles is 1. The molecule has 2 aromatic rings. The fourth-order valence-corrected chi connectivity index (χ4v) is 3.07. The molecule has 0 aromatic carbocycles. The molecular formula is C19H21N5O3. The molecule has 140 valence electrons. The fourth-order valence-electron chi connectivity index (χ4n) is 3.07. The molecule has 1 saturated heterocycles. The van der Waals surface area contributed by atoms with Gasteiger partial charge in [-0.25, -0.2) is 9.78 Å². The molecule has 3 rings (SSSR count). The Kier molecular flexibility index (Phi) is 5.41. The van der Waals surface area contributed by atoms with Crippen molar-refractivity contribution in [1.82, 2.24) is 20.2 Å². The molecule has 1 atom stereocenters. The van der Waals surface area contributed by atoms with Crippen LogP contribution in [0.15, 0.2) is 29.2 Å². The molecule has 1 fully saturated rings. The zero-order chi connectivity index (χ0) is 19.4.